The van der Waals surface area contributed by atoms with Gasteiger partial charge < -0.3 is 14.0 Å². The van der Waals surface area contributed by atoms with E-state index in [4.69, 9.17) is 4.52 Å². The van der Waals surface area contributed by atoms with Gasteiger partial charge in [-0.05, 0) is 19.8 Å². The zero-order chi connectivity index (χ0) is 19.8. The molecule has 1 aliphatic heterocycles. The van der Waals surface area contributed by atoms with Crippen LogP contribution in [0.1, 0.15) is 55.9 Å². The number of nitrogens with zero attached hydrogens (tertiary/aromatic N) is 6. The van der Waals surface area contributed by atoms with Crippen LogP contribution in [-0.2, 0) is 18.4 Å². The zero-order valence-electron chi connectivity index (χ0n) is 16.8. The predicted octanol–water partition coefficient (Wildman–Crippen LogP) is 3.07. The second-order valence-electron chi connectivity index (χ2n) is 7.75. The Morgan fingerprint density at radius 1 is 1.39 bits per heavy atom. The highest BCUT2D eigenvalue weighted by molar-refractivity contribution is 5.77. The third kappa shape index (κ3) is 3.34. The zero-order valence-corrected chi connectivity index (χ0v) is 16.8. The van der Waals surface area contributed by atoms with Crippen LogP contribution in [-0.4, -0.2) is 41.8 Å². The van der Waals surface area contributed by atoms with Crippen molar-refractivity contribution >= 4 is 5.91 Å². The highest BCUT2D eigenvalue weighted by Gasteiger charge is 2.34. The summed E-state index contributed by atoms with van der Waals surface area (Å²) in [6.45, 7) is 7.10. The van der Waals surface area contributed by atoms with Gasteiger partial charge in [0.15, 0.2) is 5.76 Å². The molecule has 4 heterocycles. The Hall–Kier alpha value is -2.90. The number of rotatable bonds is 5. The summed E-state index contributed by atoms with van der Waals surface area (Å²) in [6, 6.07) is 1.85. The van der Waals surface area contributed by atoms with Gasteiger partial charge in [-0.3, -0.25) is 9.48 Å². The number of amides is 1. The van der Waals surface area contributed by atoms with E-state index in [0.29, 0.717) is 12.3 Å². The maximum atomic E-state index is 13.1. The van der Waals surface area contributed by atoms with Crippen LogP contribution < -0.4 is 0 Å². The van der Waals surface area contributed by atoms with Crippen molar-refractivity contribution in [1.29, 1.82) is 0 Å². The van der Waals surface area contributed by atoms with E-state index in [-0.39, 0.29) is 17.9 Å². The Balaban J connectivity index is 1.61. The van der Waals surface area contributed by atoms with E-state index < -0.39 is 0 Å². The van der Waals surface area contributed by atoms with Crippen LogP contribution in [0.5, 0.6) is 0 Å². The topological polar surface area (TPSA) is 82.0 Å². The second-order valence-corrected chi connectivity index (χ2v) is 7.75. The molecule has 0 N–H and O–H groups in total. The van der Waals surface area contributed by atoms with E-state index in [1.165, 1.54) is 0 Å². The molecular formula is C20H26N6O2. The first-order chi connectivity index (χ1) is 13.4. The molecule has 0 aliphatic carbocycles. The summed E-state index contributed by atoms with van der Waals surface area (Å²) in [7, 11) is 1.89. The molecule has 3 aromatic rings. The van der Waals surface area contributed by atoms with Crippen LogP contribution in [0.15, 0.2) is 29.2 Å². The van der Waals surface area contributed by atoms with Gasteiger partial charge in [-0.1, -0.05) is 19.0 Å². The molecule has 0 bridgehead atoms. The van der Waals surface area contributed by atoms with Gasteiger partial charge in [0.1, 0.15) is 12.4 Å². The van der Waals surface area contributed by atoms with E-state index in [1.807, 2.05) is 41.9 Å². The molecule has 28 heavy (non-hydrogen) atoms. The average Bonchev–Trinajstić information content (AvgIpc) is 3.39. The van der Waals surface area contributed by atoms with Gasteiger partial charge in [0.05, 0.1) is 23.0 Å². The summed E-state index contributed by atoms with van der Waals surface area (Å²) in [6.07, 6.45) is 7.42. The van der Waals surface area contributed by atoms with Crippen molar-refractivity contribution in [1.82, 2.24) is 29.4 Å². The van der Waals surface area contributed by atoms with Gasteiger partial charge in [-0.25, -0.2) is 4.98 Å². The molecule has 0 aromatic carbocycles. The number of likely N-dealkylation sites (tertiary alicyclic amines) is 1. The molecule has 1 atom stereocenters. The highest BCUT2D eigenvalue weighted by atomic mass is 16.5. The molecule has 1 aliphatic rings. The lowest BCUT2D eigenvalue weighted by atomic mass is 10.1. The SMILES string of the molecule is Cc1cc(-c2cn(C)nc2C2CCCN2C(=O)Cn2ccnc2C(C)C)on1. The predicted molar refractivity (Wildman–Crippen MR) is 103 cm³/mol. The molecule has 0 saturated carbocycles. The minimum absolute atomic E-state index is 0.0554. The quantitative estimate of drug-likeness (QED) is 0.677. The minimum Gasteiger partial charge on any atom is -0.356 e. The Labute approximate surface area is 164 Å². The molecule has 8 nitrogen and oxygen atoms in total. The summed E-state index contributed by atoms with van der Waals surface area (Å²) in [5, 5.41) is 8.67. The lowest BCUT2D eigenvalue weighted by molar-refractivity contribution is -0.132. The molecule has 148 valence electrons. The molecule has 4 rings (SSSR count). The third-order valence-electron chi connectivity index (χ3n) is 5.21. The van der Waals surface area contributed by atoms with Crippen LogP contribution in [0, 0.1) is 6.92 Å². The van der Waals surface area contributed by atoms with Crippen LogP contribution in [0.4, 0.5) is 0 Å². The summed E-state index contributed by atoms with van der Waals surface area (Å²) in [5.41, 5.74) is 2.60. The Bertz CT molecular complexity index is 983. The fraction of sp³-hybridized carbons (Fsp3) is 0.500. The smallest absolute Gasteiger partial charge is 0.243 e. The first-order valence-corrected chi connectivity index (χ1v) is 9.71. The highest BCUT2D eigenvalue weighted by Crippen LogP contribution is 2.37. The second kappa shape index (κ2) is 7.26. The number of imidazole rings is 1. The van der Waals surface area contributed by atoms with E-state index >= 15 is 0 Å². The molecule has 0 radical (unpaired) electrons. The van der Waals surface area contributed by atoms with E-state index in [9.17, 15) is 4.79 Å². The summed E-state index contributed by atoms with van der Waals surface area (Å²) >= 11 is 0. The monoisotopic (exact) mass is 382 g/mol. The van der Waals surface area contributed by atoms with Crippen molar-refractivity contribution < 1.29 is 9.32 Å². The Morgan fingerprint density at radius 2 is 2.21 bits per heavy atom. The van der Waals surface area contributed by atoms with Crippen molar-refractivity contribution in [3.63, 3.8) is 0 Å². The molecular weight excluding hydrogens is 356 g/mol. The van der Waals surface area contributed by atoms with Crippen LogP contribution in [0.25, 0.3) is 11.3 Å². The number of aromatic nitrogens is 5. The van der Waals surface area contributed by atoms with E-state index in [1.54, 1.807) is 10.9 Å². The largest absolute Gasteiger partial charge is 0.356 e. The standard InChI is InChI=1S/C20H26N6O2/c1-13(2)20-21-7-9-25(20)12-18(27)26-8-5-6-16(26)19-15(11-24(4)22-19)17-10-14(3)23-28-17/h7,9-11,13,16H,5-6,8,12H2,1-4H3. The van der Waals surface area contributed by atoms with Crippen molar-refractivity contribution in [2.45, 2.75) is 52.1 Å². The number of carbonyl (C=O) groups is 1. The number of aryl methyl sites for hydroxylation is 2. The summed E-state index contributed by atoms with van der Waals surface area (Å²) in [5.74, 6) is 1.98. The first kappa shape index (κ1) is 18.5. The molecule has 1 fully saturated rings. The minimum atomic E-state index is -0.0554. The molecule has 1 amide bonds. The third-order valence-corrected chi connectivity index (χ3v) is 5.21. The lowest BCUT2D eigenvalue weighted by Gasteiger charge is -2.25. The number of carbonyl (C=O) groups excluding carboxylic acids is 1. The van der Waals surface area contributed by atoms with Crippen LogP contribution >= 0.6 is 0 Å². The van der Waals surface area contributed by atoms with Crippen molar-refractivity contribution in [3.8, 4) is 11.3 Å². The van der Waals surface area contributed by atoms with Gasteiger partial charge in [0, 0.05) is 44.2 Å². The summed E-state index contributed by atoms with van der Waals surface area (Å²) < 4.78 is 9.19. The summed E-state index contributed by atoms with van der Waals surface area (Å²) in [4.78, 5) is 19.5. The molecule has 3 aromatic heterocycles. The average molecular weight is 382 g/mol. The van der Waals surface area contributed by atoms with Crippen LogP contribution in [0.2, 0.25) is 0 Å². The van der Waals surface area contributed by atoms with E-state index in [0.717, 1.165) is 42.2 Å². The van der Waals surface area contributed by atoms with E-state index in [2.05, 4.69) is 29.1 Å². The molecule has 1 saturated heterocycles. The van der Waals surface area contributed by atoms with Gasteiger partial charge in [-0.15, -0.1) is 0 Å². The maximum absolute atomic E-state index is 13.1. The fourth-order valence-electron chi connectivity index (χ4n) is 3.97. The van der Waals surface area contributed by atoms with Crippen molar-refractivity contribution in [2.75, 3.05) is 6.54 Å². The van der Waals surface area contributed by atoms with Crippen LogP contribution in [0.3, 0.4) is 0 Å². The Morgan fingerprint density at radius 3 is 2.93 bits per heavy atom. The fourth-order valence-corrected chi connectivity index (χ4v) is 3.97. The van der Waals surface area contributed by atoms with Gasteiger partial charge in [0.25, 0.3) is 0 Å². The number of hydrogen-bond donors (Lipinski definition) is 0. The Kier molecular flexibility index (Phi) is 4.78. The molecule has 0 spiro atoms. The van der Waals surface area contributed by atoms with Crippen molar-refractivity contribution in [3.05, 3.63) is 41.9 Å². The maximum Gasteiger partial charge on any atom is 0.243 e. The van der Waals surface area contributed by atoms with Gasteiger partial charge >= 0.3 is 0 Å². The van der Waals surface area contributed by atoms with Gasteiger partial charge in [-0.2, -0.15) is 5.10 Å². The lowest BCUT2D eigenvalue weighted by Crippen LogP contribution is -2.34. The normalized spacial score (nSPS) is 17.0. The molecule has 1 unspecified atom stereocenters. The number of hydrogen-bond acceptors (Lipinski definition) is 5. The van der Waals surface area contributed by atoms with Gasteiger partial charge in [0.2, 0.25) is 5.91 Å². The molecule has 8 heteroatoms. The van der Waals surface area contributed by atoms with Crippen molar-refractivity contribution in [2.24, 2.45) is 7.05 Å². The first-order valence-electron chi connectivity index (χ1n) is 9.71.